The zero-order valence-electron chi connectivity index (χ0n) is 11.7. The Morgan fingerprint density at radius 3 is 2.83 bits per heavy atom. The topological polar surface area (TPSA) is 41.3 Å². The maximum absolute atomic E-state index is 9.89. The first kappa shape index (κ1) is 13.6. The molecule has 0 radical (unpaired) electrons. The molecule has 1 aliphatic rings. The normalized spacial score (nSPS) is 23.5. The second-order valence-corrected chi connectivity index (χ2v) is 5.62. The van der Waals surface area contributed by atoms with Crippen molar-refractivity contribution < 1.29 is 5.11 Å². The average molecular weight is 251 g/mol. The number of piperidine rings is 1. The molecule has 4 nitrogen and oxygen atoms in total. The molecule has 102 valence electrons. The van der Waals surface area contributed by atoms with Gasteiger partial charge in [0.25, 0.3) is 0 Å². The van der Waals surface area contributed by atoms with E-state index in [1.165, 1.54) is 12.8 Å². The van der Waals surface area contributed by atoms with E-state index in [1.807, 2.05) is 19.3 Å². The van der Waals surface area contributed by atoms with Crippen LogP contribution >= 0.6 is 0 Å². The minimum atomic E-state index is -0.257. The maximum Gasteiger partial charge on any atom is 0.123 e. The largest absolute Gasteiger partial charge is 0.392 e. The Labute approximate surface area is 110 Å². The van der Waals surface area contributed by atoms with E-state index in [0.717, 1.165) is 25.3 Å². The maximum atomic E-state index is 9.89. The Kier molecular flexibility index (Phi) is 4.40. The number of hydrogen-bond donors (Lipinski definition) is 1. The molecule has 2 atom stereocenters. The summed E-state index contributed by atoms with van der Waals surface area (Å²) in [4.78, 5) is 6.85. The average Bonchev–Trinajstić information content (AvgIpc) is 2.77. The predicted octanol–water partition coefficient (Wildman–Crippen LogP) is 2.20. The minimum Gasteiger partial charge on any atom is -0.392 e. The fraction of sp³-hybridized carbons (Fsp3) is 0.786. The van der Waals surface area contributed by atoms with Crippen LogP contribution in [0.4, 0.5) is 0 Å². The zero-order valence-corrected chi connectivity index (χ0v) is 11.7. The number of rotatable bonds is 4. The predicted molar refractivity (Wildman–Crippen MR) is 72.3 cm³/mol. The minimum absolute atomic E-state index is 0.257. The van der Waals surface area contributed by atoms with Crippen molar-refractivity contribution in [3.05, 3.63) is 18.2 Å². The van der Waals surface area contributed by atoms with E-state index in [1.54, 1.807) is 0 Å². The van der Waals surface area contributed by atoms with Gasteiger partial charge in [-0.3, -0.25) is 4.90 Å². The number of hydrogen-bond acceptors (Lipinski definition) is 3. The number of aliphatic hydroxyl groups is 1. The zero-order chi connectivity index (χ0) is 13.1. The molecule has 4 heteroatoms. The van der Waals surface area contributed by atoms with Gasteiger partial charge < -0.3 is 9.67 Å². The highest BCUT2D eigenvalue weighted by Crippen LogP contribution is 2.22. The van der Waals surface area contributed by atoms with Crippen molar-refractivity contribution >= 4 is 0 Å². The van der Waals surface area contributed by atoms with E-state index in [-0.39, 0.29) is 12.1 Å². The van der Waals surface area contributed by atoms with Crippen LogP contribution in [0.25, 0.3) is 0 Å². The third-order valence-corrected chi connectivity index (χ3v) is 3.87. The van der Waals surface area contributed by atoms with E-state index in [4.69, 9.17) is 0 Å². The molecule has 1 aromatic rings. The first-order valence-corrected chi connectivity index (χ1v) is 7.03. The van der Waals surface area contributed by atoms with Crippen LogP contribution in [0.1, 0.15) is 51.9 Å². The summed E-state index contributed by atoms with van der Waals surface area (Å²) in [5.41, 5.74) is 0. The standard InChI is InChI=1S/C14H25N3O/c1-11(2)17-9-7-15-14(17)10-16-8-5-4-6-13(16)12(3)18/h7,9,11-13,18H,4-6,8,10H2,1-3H3. The van der Waals surface area contributed by atoms with Crippen molar-refractivity contribution in [2.45, 2.75) is 64.8 Å². The Bertz CT molecular complexity index is 373. The van der Waals surface area contributed by atoms with Gasteiger partial charge in [-0.1, -0.05) is 6.42 Å². The van der Waals surface area contributed by atoms with E-state index < -0.39 is 0 Å². The second-order valence-electron chi connectivity index (χ2n) is 5.62. The smallest absolute Gasteiger partial charge is 0.123 e. The van der Waals surface area contributed by atoms with Crippen LogP contribution in [0.3, 0.4) is 0 Å². The van der Waals surface area contributed by atoms with Gasteiger partial charge >= 0.3 is 0 Å². The Morgan fingerprint density at radius 1 is 1.39 bits per heavy atom. The number of aliphatic hydroxyl groups excluding tert-OH is 1. The van der Waals surface area contributed by atoms with Gasteiger partial charge in [0, 0.05) is 24.5 Å². The van der Waals surface area contributed by atoms with Crippen LogP contribution in [0.5, 0.6) is 0 Å². The van der Waals surface area contributed by atoms with Gasteiger partial charge in [-0.05, 0) is 40.2 Å². The summed E-state index contributed by atoms with van der Waals surface area (Å²) in [5, 5.41) is 9.89. The van der Waals surface area contributed by atoms with Gasteiger partial charge in [-0.2, -0.15) is 0 Å². The fourth-order valence-corrected chi connectivity index (χ4v) is 2.88. The first-order chi connectivity index (χ1) is 8.59. The van der Waals surface area contributed by atoms with Crippen molar-refractivity contribution in [2.75, 3.05) is 6.54 Å². The van der Waals surface area contributed by atoms with Crippen molar-refractivity contribution in [1.29, 1.82) is 0 Å². The van der Waals surface area contributed by atoms with E-state index >= 15 is 0 Å². The van der Waals surface area contributed by atoms with Gasteiger partial charge in [0.15, 0.2) is 0 Å². The molecule has 1 saturated heterocycles. The summed E-state index contributed by atoms with van der Waals surface area (Å²) in [7, 11) is 0. The lowest BCUT2D eigenvalue weighted by atomic mass is 9.98. The van der Waals surface area contributed by atoms with Crippen molar-refractivity contribution in [2.24, 2.45) is 0 Å². The fourth-order valence-electron chi connectivity index (χ4n) is 2.88. The van der Waals surface area contributed by atoms with Gasteiger partial charge in [-0.25, -0.2) is 4.98 Å². The third kappa shape index (κ3) is 2.93. The highest BCUT2D eigenvalue weighted by molar-refractivity contribution is 4.96. The van der Waals surface area contributed by atoms with Crippen molar-refractivity contribution in [3.8, 4) is 0 Å². The van der Waals surface area contributed by atoms with Crippen LogP contribution in [0.2, 0.25) is 0 Å². The molecule has 1 N–H and O–H groups in total. The summed E-state index contributed by atoms with van der Waals surface area (Å²) in [5.74, 6) is 1.11. The lowest BCUT2D eigenvalue weighted by Gasteiger charge is -2.37. The Balaban J connectivity index is 2.08. The molecular formula is C14H25N3O. The van der Waals surface area contributed by atoms with Gasteiger partial charge in [0.05, 0.1) is 12.6 Å². The van der Waals surface area contributed by atoms with E-state index in [2.05, 4.69) is 28.3 Å². The van der Waals surface area contributed by atoms with Crippen molar-refractivity contribution in [3.63, 3.8) is 0 Å². The van der Waals surface area contributed by atoms with Crippen LogP contribution in [-0.4, -0.2) is 38.2 Å². The van der Waals surface area contributed by atoms with Gasteiger partial charge in [-0.15, -0.1) is 0 Å². The number of imidazole rings is 1. The molecule has 2 rings (SSSR count). The van der Waals surface area contributed by atoms with Crippen LogP contribution in [0.15, 0.2) is 12.4 Å². The number of likely N-dealkylation sites (tertiary alicyclic amines) is 1. The SMILES string of the molecule is CC(O)C1CCCCN1Cc1nccn1C(C)C. The molecule has 0 aliphatic carbocycles. The van der Waals surface area contributed by atoms with Crippen LogP contribution in [-0.2, 0) is 6.54 Å². The quantitative estimate of drug-likeness (QED) is 0.892. The number of aromatic nitrogens is 2. The molecule has 1 aliphatic heterocycles. The highest BCUT2D eigenvalue weighted by Gasteiger charge is 2.27. The Hall–Kier alpha value is -0.870. The molecule has 1 fully saturated rings. The molecule has 1 aromatic heterocycles. The molecule has 0 spiro atoms. The third-order valence-electron chi connectivity index (χ3n) is 3.87. The number of nitrogens with zero attached hydrogens (tertiary/aromatic N) is 3. The summed E-state index contributed by atoms with van der Waals surface area (Å²) in [6.45, 7) is 8.17. The summed E-state index contributed by atoms with van der Waals surface area (Å²) in [6, 6.07) is 0.730. The first-order valence-electron chi connectivity index (χ1n) is 7.03. The molecular weight excluding hydrogens is 226 g/mol. The van der Waals surface area contributed by atoms with Crippen LogP contribution < -0.4 is 0 Å². The monoisotopic (exact) mass is 251 g/mol. The van der Waals surface area contributed by atoms with Crippen LogP contribution in [0, 0.1) is 0 Å². The summed E-state index contributed by atoms with van der Waals surface area (Å²) >= 11 is 0. The highest BCUT2D eigenvalue weighted by atomic mass is 16.3. The van der Waals surface area contributed by atoms with E-state index in [9.17, 15) is 5.11 Å². The second kappa shape index (κ2) is 5.85. The molecule has 2 heterocycles. The molecule has 2 unspecified atom stereocenters. The molecule has 18 heavy (non-hydrogen) atoms. The molecule has 0 aromatic carbocycles. The molecule has 0 saturated carbocycles. The van der Waals surface area contributed by atoms with Crippen molar-refractivity contribution in [1.82, 2.24) is 14.5 Å². The molecule has 0 amide bonds. The summed E-state index contributed by atoms with van der Waals surface area (Å²) < 4.78 is 2.22. The van der Waals surface area contributed by atoms with E-state index in [0.29, 0.717) is 6.04 Å². The lowest BCUT2D eigenvalue weighted by Crippen LogP contribution is -2.45. The lowest BCUT2D eigenvalue weighted by molar-refractivity contribution is 0.0294. The summed E-state index contributed by atoms with van der Waals surface area (Å²) in [6.07, 6.45) is 7.21. The molecule has 0 bridgehead atoms. The van der Waals surface area contributed by atoms with Gasteiger partial charge in [0.1, 0.15) is 5.82 Å². The van der Waals surface area contributed by atoms with Gasteiger partial charge in [0.2, 0.25) is 0 Å². The Morgan fingerprint density at radius 2 is 2.17 bits per heavy atom.